The van der Waals surface area contributed by atoms with Crippen molar-refractivity contribution >= 4 is 27.3 Å². The average Bonchev–Trinajstić information content (AvgIpc) is 2.50. The first-order chi connectivity index (χ1) is 11.1. The Bertz CT molecular complexity index is 940. The summed E-state index contributed by atoms with van der Waals surface area (Å²) in [7, 11) is -4.29. The fourth-order valence-corrected chi connectivity index (χ4v) is 3.29. The maximum atomic E-state index is 12.4. The van der Waals surface area contributed by atoms with Crippen LogP contribution in [0.1, 0.15) is 15.9 Å². The zero-order chi connectivity index (χ0) is 18.1. The van der Waals surface area contributed by atoms with Gasteiger partial charge in [0.25, 0.3) is 21.6 Å². The van der Waals surface area contributed by atoms with Crippen molar-refractivity contribution in [1.29, 1.82) is 0 Å². The standard InChI is InChI=1S/C14H13N3O6S/c1-8-6-9(7-10(13(8)18)14(15)19)16-24(22,23)12-5-3-2-4-11(12)17(20)21/h2-7,16,18H,1H3,(H2,15,19). The van der Waals surface area contributed by atoms with Gasteiger partial charge < -0.3 is 10.8 Å². The summed E-state index contributed by atoms with van der Waals surface area (Å²) in [6, 6.07) is 7.16. The second kappa shape index (κ2) is 6.16. The van der Waals surface area contributed by atoms with Crippen molar-refractivity contribution in [2.45, 2.75) is 11.8 Å². The number of nitrogens with two attached hydrogens (primary N) is 1. The summed E-state index contributed by atoms with van der Waals surface area (Å²) in [4.78, 5) is 20.9. The molecule has 0 saturated heterocycles. The number of carbonyl (C=O) groups is 1. The first kappa shape index (κ1) is 17.2. The lowest BCUT2D eigenvalue weighted by Gasteiger charge is -2.11. The molecule has 2 aromatic carbocycles. The zero-order valence-electron chi connectivity index (χ0n) is 12.4. The Morgan fingerprint density at radius 2 is 1.92 bits per heavy atom. The molecule has 0 fully saturated rings. The van der Waals surface area contributed by atoms with Crippen molar-refractivity contribution in [3.63, 3.8) is 0 Å². The van der Waals surface area contributed by atoms with Crippen LogP contribution < -0.4 is 10.5 Å². The highest BCUT2D eigenvalue weighted by Gasteiger charge is 2.25. The van der Waals surface area contributed by atoms with Gasteiger partial charge in [0.15, 0.2) is 4.90 Å². The Labute approximate surface area is 136 Å². The lowest BCUT2D eigenvalue weighted by molar-refractivity contribution is -0.387. The van der Waals surface area contributed by atoms with E-state index in [0.717, 1.165) is 18.2 Å². The van der Waals surface area contributed by atoms with Crippen LogP contribution in [0.2, 0.25) is 0 Å². The summed E-state index contributed by atoms with van der Waals surface area (Å²) in [5, 5.41) is 20.7. The van der Waals surface area contributed by atoms with E-state index in [1.165, 1.54) is 25.1 Å². The van der Waals surface area contributed by atoms with Crippen LogP contribution in [0.4, 0.5) is 11.4 Å². The number of phenols is 1. The fraction of sp³-hybridized carbons (Fsp3) is 0.0714. The molecule has 0 aliphatic carbocycles. The van der Waals surface area contributed by atoms with Gasteiger partial charge in [-0.3, -0.25) is 19.6 Å². The van der Waals surface area contributed by atoms with Crippen LogP contribution >= 0.6 is 0 Å². The molecule has 0 atom stereocenters. The topological polar surface area (TPSA) is 153 Å². The molecule has 2 rings (SSSR count). The quantitative estimate of drug-likeness (QED) is 0.421. The third-order valence-corrected chi connectivity index (χ3v) is 4.60. The van der Waals surface area contributed by atoms with Crippen LogP contribution in [-0.2, 0) is 10.0 Å². The van der Waals surface area contributed by atoms with E-state index in [1.54, 1.807) is 0 Å². The van der Waals surface area contributed by atoms with E-state index in [4.69, 9.17) is 5.73 Å². The molecule has 0 spiro atoms. The summed E-state index contributed by atoms with van der Waals surface area (Å²) in [5.74, 6) is -1.31. The lowest BCUT2D eigenvalue weighted by Crippen LogP contribution is -2.16. The Kier molecular flexibility index (Phi) is 4.42. The van der Waals surface area contributed by atoms with Gasteiger partial charge >= 0.3 is 0 Å². The summed E-state index contributed by atoms with van der Waals surface area (Å²) >= 11 is 0. The van der Waals surface area contributed by atoms with Crippen LogP contribution in [0.15, 0.2) is 41.3 Å². The first-order valence-corrected chi connectivity index (χ1v) is 8.01. The van der Waals surface area contributed by atoms with Crippen LogP contribution in [0, 0.1) is 17.0 Å². The predicted molar refractivity (Wildman–Crippen MR) is 85.3 cm³/mol. The van der Waals surface area contributed by atoms with Crippen molar-refractivity contribution in [3.05, 3.63) is 57.6 Å². The number of carbonyl (C=O) groups excluding carboxylic acids is 1. The number of sulfonamides is 1. The van der Waals surface area contributed by atoms with E-state index in [0.29, 0.717) is 0 Å². The van der Waals surface area contributed by atoms with Gasteiger partial charge in [0.2, 0.25) is 0 Å². The Morgan fingerprint density at radius 1 is 1.29 bits per heavy atom. The minimum absolute atomic E-state index is 0.0581. The number of amides is 1. The molecular weight excluding hydrogens is 338 g/mol. The Morgan fingerprint density at radius 3 is 2.50 bits per heavy atom. The molecule has 1 amide bonds. The van der Waals surface area contributed by atoms with Crippen LogP contribution in [0.3, 0.4) is 0 Å². The van der Waals surface area contributed by atoms with Crippen molar-refractivity contribution in [2.24, 2.45) is 5.73 Å². The van der Waals surface area contributed by atoms with Gasteiger partial charge in [0.1, 0.15) is 5.75 Å². The molecule has 0 heterocycles. The zero-order valence-corrected chi connectivity index (χ0v) is 13.2. The highest BCUT2D eigenvalue weighted by atomic mass is 32.2. The molecule has 4 N–H and O–H groups in total. The molecule has 0 aliphatic heterocycles. The molecule has 0 aliphatic rings. The smallest absolute Gasteiger partial charge is 0.289 e. The summed E-state index contributed by atoms with van der Waals surface area (Å²) in [6.45, 7) is 1.45. The van der Waals surface area contributed by atoms with Gasteiger partial charge in [0.05, 0.1) is 16.2 Å². The van der Waals surface area contributed by atoms with Gasteiger partial charge in [-0.05, 0) is 30.7 Å². The molecule has 0 unspecified atom stereocenters. The molecular formula is C14H13N3O6S. The summed E-state index contributed by atoms with van der Waals surface area (Å²) in [5.41, 5.74) is 4.43. The molecule has 0 saturated carbocycles. The highest BCUT2D eigenvalue weighted by Crippen LogP contribution is 2.29. The van der Waals surface area contributed by atoms with E-state index >= 15 is 0 Å². The van der Waals surface area contributed by atoms with Crippen LogP contribution in [0.5, 0.6) is 5.75 Å². The first-order valence-electron chi connectivity index (χ1n) is 6.53. The molecule has 0 radical (unpaired) electrons. The third-order valence-electron chi connectivity index (χ3n) is 3.17. The third kappa shape index (κ3) is 3.27. The van der Waals surface area contributed by atoms with Crippen molar-refractivity contribution in [3.8, 4) is 5.75 Å². The molecule has 24 heavy (non-hydrogen) atoms. The molecule has 0 aromatic heterocycles. The number of benzene rings is 2. The average molecular weight is 351 g/mol. The molecule has 10 heteroatoms. The van der Waals surface area contributed by atoms with Crippen LogP contribution in [0.25, 0.3) is 0 Å². The Hall–Kier alpha value is -3.14. The number of nitro benzene ring substituents is 1. The van der Waals surface area contributed by atoms with Gasteiger partial charge in [-0.1, -0.05) is 12.1 Å². The number of nitrogens with one attached hydrogen (secondary N) is 1. The van der Waals surface area contributed by atoms with Crippen LogP contribution in [-0.4, -0.2) is 24.4 Å². The number of anilines is 1. The minimum atomic E-state index is -4.29. The number of hydrogen-bond acceptors (Lipinski definition) is 6. The second-order valence-electron chi connectivity index (χ2n) is 4.88. The number of hydrogen-bond donors (Lipinski definition) is 3. The van der Waals surface area contributed by atoms with E-state index in [9.17, 15) is 28.4 Å². The number of primary amides is 1. The normalized spacial score (nSPS) is 11.0. The number of rotatable bonds is 5. The fourth-order valence-electron chi connectivity index (χ4n) is 2.07. The highest BCUT2D eigenvalue weighted by molar-refractivity contribution is 7.92. The van der Waals surface area contributed by atoms with E-state index < -0.39 is 31.4 Å². The number of aromatic hydroxyl groups is 1. The maximum absolute atomic E-state index is 12.4. The van der Waals surface area contributed by atoms with Gasteiger partial charge in [0, 0.05) is 6.07 Å². The van der Waals surface area contributed by atoms with E-state index in [2.05, 4.69) is 4.72 Å². The molecule has 0 bridgehead atoms. The van der Waals surface area contributed by atoms with E-state index in [-0.39, 0.29) is 22.6 Å². The SMILES string of the molecule is Cc1cc(NS(=O)(=O)c2ccccc2[N+](=O)[O-])cc(C(N)=O)c1O. The molecule has 2 aromatic rings. The van der Waals surface area contributed by atoms with Gasteiger partial charge in [-0.2, -0.15) is 0 Å². The number of nitrogens with zero attached hydrogens (tertiary/aromatic N) is 1. The predicted octanol–water partition coefficient (Wildman–Crippen LogP) is 1.51. The van der Waals surface area contributed by atoms with Gasteiger partial charge in [-0.15, -0.1) is 0 Å². The summed E-state index contributed by atoms with van der Waals surface area (Å²) in [6.07, 6.45) is 0. The number of nitro groups is 1. The monoisotopic (exact) mass is 351 g/mol. The largest absolute Gasteiger partial charge is 0.507 e. The number of aryl methyl sites for hydroxylation is 1. The molecule has 126 valence electrons. The molecule has 9 nitrogen and oxygen atoms in total. The van der Waals surface area contributed by atoms with Crippen molar-refractivity contribution in [1.82, 2.24) is 0 Å². The lowest BCUT2D eigenvalue weighted by atomic mass is 10.1. The number of para-hydroxylation sites is 1. The van der Waals surface area contributed by atoms with Crippen molar-refractivity contribution < 1.29 is 23.2 Å². The maximum Gasteiger partial charge on any atom is 0.289 e. The second-order valence-corrected chi connectivity index (χ2v) is 6.53. The minimum Gasteiger partial charge on any atom is -0.507 e. The van der Waals surface area contributed by atoms with Gasteiger partial charge in [-0.25, -0.2) is 8.42 Å². The summed E-state index contributed by atoms with van der Waals surface area (Å²) < 4.78 is 27.0. The Balaban J connectivity index is 2.52. The van der Waals surface area contributed by atoms with Crippen molar-refractivity contribution in [2.75, 3.05) is 4.72 Å². The van der Waals surface area contributed by atoms with E-state index in [1.807, 2.05) is 0 Å².